The number of nitrogens with zero attached hydrogens (tertiary/aromatic N) is 2. The first-order valence-electron chi connectivity index (χ1n) is 8.31. The van der Waals surface area contributed by atoms with E-state index in [4.69, 9.17) is 4.74 Å². The van der Waals surface area contributed by atoms with Crippen LogP contribution in [-0.2, 0) is 11.3 Å². The van der Waals surface area contributed by atoms with E-state index < -0.39 is 5.60 Å². The van der Waals surface area contributed by atoms with Crippen LogP contribution in [0.3, 0.4) is 0 Å². The second-order valence-electron chi connectivity index (χ2n) is 7.04. The van der Waals surface area contributed by atoms with Crippen molar-refractivity contribution in [3.63, 3.8) is 0 Å². The number of urea groups is 1. The Balaban J connectivity index is 1.78. The number of carbonyl (C=O) groups excluding carboxylic acids is 2. The summed E-state index contributed by atoms with van der Waals surface area (Å²) in [6.45, 7) is 10.1. The van der Waals surface area contributed by atoms with Gasteiger partial charge in [0, 0.05) is 32.7 Å². The number of nitrogens with one attached hydrogen (secondary N) is 1. The largest absolute Gasteiger partial charge is 0.444 e. The lowest BCUT2D eigenvalue weighted by Gasteiger charge is -2.35. The third kappa shape index (κ3) is 5.15. The van der Waals surface area contributed by atoms with Crippen LogP contribution in [0.1, 0.15) is 31.9 Å². The molecule has 6 nitrogen and oxygen atoms in total. The lowest BCUT2D eigenvalue weighted by Crippen LogP contribution is -2.53. The molecule has 2 rings (SSSR count). The van der Waals surface area contributed by atoms with Gasteiger partial charge in [-0.2, -0.15) is 0 Å². The standard InChI is InChI=1S/C18H27N3O3/c1-14-7-5-6-8-15(14)13-19-16(22)20-9-11-21(12-10-20)17(23)24-18(2,3)4/h5-8H,9-13H2,1-4H3,(H,19,22). The molecule has 0 saturated carbocycles. The summed E-state index contributed by atoms with van der Waals surface area (Å²) in [4.78, 5) is 27.7. The van der Waals surface area contributed by atoms with Crippen LogP contribution < -0.4 is 5.32 Å². The highest BCUT2D eigenvalue weighted by Crippen LogP contribution is 2.12. The SMILES string of the molecule is Cc1ccccc1CNC(=O)N1CCN(C(=O)OC(C)(C)C)CC1. The maximum atomic E-state index is 12.3. The molecule has 0 radical (unpaired) electrons. The fourth-order valence-electron chi connectivity index (χ4n) is 2.51. The van der Waals surface area contributed by atoms with E-state index in [1.54, 1.807) is 9.80 Å². The predicted molar refractivity (Wildman–Crippen MR) is 92.8 cm³/mol. The fourth-order valence-corrected chi connectivity index (χ4v) is 2.51. The number of amides is 3. The third-order valence-corrected chi connectivity index (χ3v) is 3.91. The van der Waals surface area contributed by atoms with Gasteiger partial charge in [-0.1, -0.05) is 24.3 Å². The molecule has 3 amide bonds. The van der Waals surface area contributed by atoms with Crippen LogP contribution in [0.5, 0.6) is 0 Å². The zero-order valence-electron chi connectivity index (χ0n) is 15.0. The van der Waals surface area contributed by atoms with Crippen molar-refractivity contribution in [2.24, 2.45) is 0 Å². The summed E-state index contributed by atoms with van der Waals surface area (Å²) in [5.41, 5.74) is 1.77. The second-order valence-corrected chi connectivity index (χ2v) is 7.04. The molecule has 1 aliphatic rings. The summed E-state index contributed by atoms with van der Waals surface area (Å²) >= 11 is 0. The van der Waals surface area contributed by atoms with Crippen molar-refractivity contribution in [2.75, 3.05) is 26.2 Å². The molecule has 1 fully saturated rings. The highest BCUT2D eigenvalue weighted by Gasteiger charge is 2.27. The van der Waals surface area contributed by atoms with Crippen LogP contribution in [0.25, 0.3) is 0 Å². The van der Waals surface area contributed by atoms with Gasteiger partial charge in [0.15, 0.2) is 0 Å². The summed E-state index contributed by atoms with van der Waals surface area (Å²) in [5, 5.41) is 2.94. The van der Waals surface area contributed by atoms with Gasteiger partial charge in [-0.15, -0.1) is 0 Å². The Morgan fingerprint density at radius 3 is 2.25 bits per heavy atom. The van der Waals surface area contributed by atoms with Gasteiger partial charge in [0.1, 0.15) is 5.60 Å². The van der Waals surface area contributed by atoms with Crippen molar-refractivity contribution in [1.29, 1.82) is 0 Å². The van der Waals surface area contributed by atoms with Gasteiger partial charge in [-0.25, -0.2) is 9.59 Å². The topological polar surface area (TPSA) is 61.9 Å². The normalized spacial score (nSPS) is 15.2. The number of ether oxygens (including phenoxy) is 1. The number of hydrogen-bond acceptors (Lipinski definition) is 3. The molecular formula is C18H27N3O3. The van der Waals surface area contributed by atoms with Crippen LogP contribution in [-0.4, -0.2) is 53.7 Å². The van der Waals surface area contributed by atoms with E-state index >= 15 is 0 Å². The first-order chi connectivity index (χ1) is 11.3. The van der Waals surface area contributed by atoms with Gasteiger partial charge in [-0.05, 0) is 38.8 Å². The highest BCUT2D eigenvalue weighted by molar-refractivity contribution is 5.75. The van der Waals surface area contributed by atoms with E-state index in [9.17, 15) is 9.59 Å². The molecule has 1 N–H and O–H groups in total. The molecule has 1 aromatic rings. The van der Waals surface area contributed by atoms with Gasteiger partial charge < -0.3 is 19.9 Å². The van der Waals surface area contributed by atoms with Crippen molar-refractivity contribution < 1.29 is 14.3 Å². The van der Waals surface area contributed by atoms with E-state index in [-0.39, 0.29) is 12.1 Å². The minimum Gasteiger partial charge on any atom is -0.444 e. The summed E-state index contributed by atoms with van der Waals surface area (Å²) in [6.07, 6.45) is -0.317. The Bertz CT molecular complexity index is 587. The number of piperazine rings is 1. The van der Waals surface area contributed by atoms with Crippen LogP contribution in [0.2, 0.25) is 0 Å². The Hall–Kier alpha value is -2.24. The second kappa shape index (κ2) is 7.55. The molecule has 0 aromatic heterocycles. The lowest BCUT2D eigenvalue weighted by molar-refractivity contribution is 0.0170. The summed E-state index contributed by atoms with van der Waals surface area (Å²) in [5.74, 6) is 0. The quantitative estimate of drug-likeness (QED) is 0.905. The molecule has 0 spiro atoms. The molecule has 6 heteroatoms. The number of hydrogen-bond donors (Lipinski definition) is 1. The molecule has 0 unspecified atom stereocenters. The number of aryl methyl sites for hydroxylation is 1. The summed E-state index contributed by atoms with van der Waals surface area (Å²) in [7, 11) is 0. The van der Waals surface area contributed by atoms with Gasteiger partial charge in [-0.3, -0.25) is 0 Å². The molecule has 0 aliphatic carbocycles. The smallest absolute Gasteiger partial charge is 0.410 e. The van der Waals surface area contributed by atoms with Crippen molar-refractivity contribution >= 4 is 12.1 Å². The Morgan fingerprint density at radius 1 is 1.08 bits per heavy atom. The van der Waals surface area contributed by atoms with Crippen molar-refractivity contribution in [3.8, 4) is 0 Å². The first-order valence-corrected chi connectivity index (χ1v) is 8.31. The van der Waals surface area contributed by atoms with Gasteiger partial charge in [0.05, 0.1) is 0 Å². The van der Waals surface area contributed by atoms with Crippen LogP contribution >= 0.6 is 0 Å². The van der Waals surface area contributed by atoms with E-state index in [1.165, 1.54) is 0 Å². The Kier molecular flexibility index (Phi) is 5.70. The van der Waals surface area contributed by atoms with Crippen molar-refractivity contribution in [3.05, 3.63) is 35.4 Å². The van der Waals surface area contributed by atoms with Crippen LogP contribution in [0.4, 0.5) is 9.59 Å². The Morgan fingerprint density at radius 2 is 1.67 bits per heavy atom. The van der Waals surface area contributed by atoms with Crippen LogP contribution in [0.15, 0.2) is 24.3 Å². The molecule has 0 bridgehead atoms. The molecule has 132 valence electrons. The maximum Gasteiger partial charge on any atom is 0.410 e. The maximum absolute atomic E-state index is 12.3. The molecule has 1 aliphatic heterocycles. The zero-order chi connectivity index (χ0) is 17.7. The summed E-state index contributed by atoms with van der Waals surface area (Å²) < 4.78 is 5.36. The predicted octanol–water partition coefficient (Wildman–Crippen LogP) is 2.76. The lowest BCUT2D eigenvalue weighted by atomic mass is 10.1. The van der Waals surface area contributed by atoms with Crippen molar-refractivity contribution in [1.82, 2.24) is 15.1 Å². The average Bonchev–Trinajstić information content (AvgIpc) is 2.52. The molecule has 24 heavy (non-hydrogen) atoms. The monoisotopic (exact) mass is 333 g/mol. The van der Waals surface area contributed by atoms with E-state index in [0.717, 1.165) is 11.1 Å². The first kappa shape index (κ1) is 18.1. The zero-order valence-corrected chi connectivity index (χ0v) is 15.0. The van der Waals surface area contributed by atoms with E-state index in [0.29, 0.717) is 32.7 Å². The van der Waals surface area contributed by atoms with Gasteiger partial charge >= 0.3 is 12.1 Å². The highest BCUT2D eigenvalue weighted by atomic mass is 16.6. The van der Waals surface area contributed by atoms with Gasteiger partial charge in [0.2, 0.25) is 0 Å². The van der Waals surface area contributed by atoms with Crippen LogP contribution in [0, 0.1) is 6.92 Å². The molecule has 0 atom stereocenters. The van der Waals surface area contributed by atoms with Crippen molar-refractivity contribution in [2.45, 2.75) is 39.8 Å². The molecule has 1 saturated heterocycles. The number of carbonyl (C=O) groups is 2. The Labute approximate surface area is 143 Å². The minimum absolute atomic E-state index is 0.0953. The molecular weight excluding hydrogens is 306 g/mol. The number of benzene rings is 1. The average molecular weight is 333 g/mol. The van der Waals surface area contributed by atoms with E-state index in [2.05, 4.69) is 5.32 Å². The van der Waals surface area contributed by atoms with E-state index in [1.807, 2.05) is 52.0 Å². The fraction of sp³-hybridized carbons (Fsp3) is 0.556. The molecule has 1 aromatic carbocycles. The number of rotatable bonds is 2. The van der Waals surface area contributed by atoms with Gasteiger partial charge in [0.25, 0.3) is 0 Å². The molecule has 1 heterocycles. The summed E-state index contributed by atoms with van der Waals surface area (Å²) in [6, 6.07) is 7.89. The third-order valence-electron chi connectivity index (χ3n) is 3.91. The minimum atomic E-state index is -0.501.